The summed E-state index contributed by atoms with van der Waals surface area (Å²) in [6.45, 7) is -0.146. The van der Waals surface area contributed by atoms with Crippen LogP contribution in [0.15, 0.2) is 72.8 Å². The number of hydrogen-bond acceptors (Lipinski definition) is 4. The Morgan fingerprint density at radius 2 is 1.74 bits per heavy atom. The summed E-state index contributed by atoms with van der Waals surface area (Å²) in [5.41, 5.74) is 2.20. The van der Waals surface area contributed by atoms with Gasteiger partial charge in [-0.1, -0.05) is 24.3 Å². The topological polar surface area (TPSA) is 91.0 Å². The third-order valence-corrected chi connectivity index (χ3v) is 5.32. The molecule has 1 heterocycles. The van der Waals surface area contributed by atoms with Gasteiger partial charge in [0.15, 0.2) is 0 Å². The van der Waals surface area contributed by atoms with Crippen molar-refractivity contribution in [1.82, 2.24) is 5.32 Å². The molecule has 0 saturated carbocycles. The van der Waals surface area contributed by atoms with Crippen LogP contribution in [0.1, 0.15) is 5.56 Å². The number of benzene rings is 3. The molecule has 0 atom stereocenters. The number of urea groups is 1. The SMILES string of the molecule is COc1cccc(CNC(=O)CN2C(=O)CN(C(=O)Nc3ccc(F)cc3)c3ccccc32)c1. The molecule has 8 nitrogen and oxygen atoms in total. The fraction of sp³-hybridized carbons (Fsp3) is 0.160. The highest BCUT2D eigenvalue weighted by molar-refractivity contribution is 6.15. The Morgan fingerprint density at radius 3 is 2.47 bits per heavy atom. The van der Waals surface area contributed by atoms with E-state index in [9.17, 15) is 18.8 Å². The first-order valence-corrected chi connectivity index (χ1v) is 10.6. The van der Waals surface area contributed by atoms with Crippen molar-refractivity contribution in [2.45, 2.75) is 6.54 Å². The lowest BCUT2D eigenvalue weighted by atomic mass is 10.1. The molecule has 0 unspecified atom stereocenters. The van der Waals surface area contributed by atoms with E-state index in [1.54, 1.807) is 31.4 Å². The summed E-state index contributed by atoms with van der Waals surface area (Å²) in [4.78, 5) is 41.1. The molecule has 34 heavy (non-hydrogen) atoms. The van der Waals surface area contributed by atoms with Gasteiger partial charge >= 0.3 is 6.03 Å². The maximum atomic E-state index is 13.1. The zero-order valence-corrected chi connectivity index (χ0v) is 18.5. The third kappa shape index (κ3) is 5.15. The van der Waals surface area contributed by atoms with Gasteiger partial charge in [-0.2, -0.15) is 0 Å². The molecule has 3 aromatic carbocycles. The van der Waals surface area contributed by atoms with Crippen molar-refractivity contribution >= 4 is 34.9 Å². The number of carbonyl (C=O) groups is 3. The normalized spacial score (nSPS) is 12.7. The molecule has 0 aliphatic carbocycles. The Balaban J connectivity index is 1.46. The van der Waals surface area contributed by atoms with Crippen molar-refractivity contribution in [3.8, 4) is 5.75 Å². The molecular formula is C25H23FN4O4. The minimum absolute atomic E-state index is 0.187. The number of amides is 4. The van der Waals surface area contributed by atoms with Crippen molar-refractivity contribution in [3.05, 3.63) is 84.2 Å². The smallest absolute Gasteiger partial charge is 0.326 e. The number of ether oxygens (including phenoxy) is 1. The van der Waals surface area contributed by atoms with Gasteiger partial charge in [-0.05, 0) is 54.1 Å². The largest absolute Gasteiger partial charge is 0.497 e. The van der Waals surface area contributed by atoms with E-state index in [2.05, 4.69) is 10.6 Å². The Hall–Kier alpha value is -4.40. The summed E-state index contributed by atoms with van der Waals surface area (Å²) in [6.07, 6.45) is 0. The monoisotopic (exact) mass is 462 g/mol. The van der Waals surface area contributed by atoms with Crippen LogP contribution in [0.5, 0.6) is 5.75 Å². The Bertz CT molecular complexity index is 1220. The molecule has 3 aromatic rings. The molecule has 1 aliphatic heterocycles. The quantitative estimate of drug-likeness (QED) is 0.586. The summed E-state index contributed by atoms with van der Waals surface area (Å²) >= 11 is 0. The number of para-hydroxylation sites is 2. The van der Waals surface area contributed by atoms with Gasteiger partial charge in [0, 0.05) is 12.2 Å². The van der Waals surface area contributed by atoms with Crippen LogP contribution in [0.25, 0.3) is 0 Å². The maximum Gasteiger partial charge on any atom is 0.326 e. The Morgan fingerprint density at radius 1 is 1.00 bits per heavy atom. The minimum Gasteiger partial charge on any atom is -0.497 e. The fourth-order valence-corrected chi connectivity index (χ4v) is 3.62. The lowest BCUT2D eigenvalue weighted by Crippen LogP contribution is -2.51. The van der Waals surface area contributed by atoms with Crippen LogP contribution in [-0.4, -0.2) is 38.0 Å². The Kier molecular flexibility index (Phi) is 6.72. The highest BCUT2D eigenvalue weighted by atomic mass is 19.1. The van der Waals surface area contributed by atoms with Crippen molar-refractivity contribution in [3.63, 3.8) is 0 Å². The standard InChI is InChI=1S/C25H23FN4O4/c1-34-20-6-4-5-17(13-20)14-27-23(31)15-29-21-7-2-3-8-22(21)30(16-24(29)32)25(33)28-19-11-9-18(26)10-12-19/h2-13H,14-16H2,1H3,(H,27,31)(H,28,33). The Labute approximate surface area is 195 Å². The molecule has 0 radical (unpaired) electrons. The molecule has 0 spiro atoms. The van der Waals surface area contributed by atoms with Crippen LogP contribution in [0.3, 0.4) is 0 Å². The second-order valence-corrected chi connectivity index (χ2v) is 7.62. The van der Waals surface area contributed by atoms with Crippen LogP contribution in [0, 0.1) is 5.82 Å². The molecule has 2 N–H and O–H groups in total. The van der Waals surface area contributed by atoms with E-state index in [-0.39, 0.29) is 25.5 Å². The summed E-state index contributed by atoms with van der Waals surface area (Å²) in [7, 11) is 1.57. The number of carbonyl (C=O) groups excluding carboxylic acids is 3. The van der Waals surface area contributed by atoms with Crippen LogP contribution in [-0.2, 0) is 16.1 Å². The zero-order valence-electron chi connectivity index (χ0n) is 18.5. The van der Waals surface area contributed by atoms with E-state index in [0.29, 0.717) is 22.8 Å². The van der Waals surface area contributed by atoms with Gasteiger partial charge in [-0.15, -0.1) is 0 Å². The number of hydrogen-bond donors (Lipinski definition) is 2. The molecule has 0 aromatic heterocycles. The molecule has 0 fully saturated rings. The first-order valence-electron chi connectivity index (χ1n) is 10.6. The number of methoxy groups -OCH3 is 1. The third-order valence-electron chi connectivity index (χ3n) is 5.32. The van der Waals surface area contributed by atoms with Gasteiger partial charge < -0.3 is 15.4 Å². The zero-order chi connectivity index (χ0) is 24.1. The van der Waals surface area contributed by atoms with E-state index >= 15 is 0 Å². The van der Waals surface area contributed by atoms with Crippen LogP contribution < -0.4 is 25.2 Å². The van der Waals surface area contributed by atoms with Crippen molar-refractivity contribution in [2.75, 3.05) is 35.3 Å². The lowest BCUT2D eigenvalue weighted by Gasteiger charge is -2.35. The molecule has 4 rings (SSSR count). The predicted octanol–water partition coefficient (Wildman–Crippen LogP) is 3.54. The highest BCUT2D eigenvalue weighted by Gasteiger charge is 2.33. The van der Waals surface area contributed by atoms with Gasteiger partial charge in [-0.25, -0.2) is 9.18 Å². The van der Waals surface area contributed by atoms with Crippen molar-refractivity contribution in [2.24, 2.45) is 0 Å². The van der Waals surface area contributed by atoms with Gasteiger partial charge in [0.05, 0.1) is 18.5 Å². The average molecular weight is 462 g/mol. The van der Waals surface area contributed by atoms with Gasteiger partial charge in [-0.3, -0.25) is 19.4 Å². The average Bonchev–Trinajstić information content (AvgIpc) is 2.85. The van der Waals surface area contributed by atoms with Crippen molar-refractivity contribution in [1.29, 1.82) is 0 Å². The van der Waals surface area contributed by atoms with E-state index in [1.165, 1.54) is 34.1 Å². The second kappa shape index (κ2) is 10.0. The fourth-order valence-electron chi connectivity index (χ4n) is 3.62. The summed E-state index contributed by atoms with van der Waals surface area (Å²) in [6, 6.07) is 19.0. The van der Waals surface area contributed by atoms with Crippen LogP contribution in [0.2, 0.25) is 0 Å². The molecule has 9 heteroatoms. The van der Waals surface area contributed by atoms with E-state index in [4.69, 9.17) is 4.74 Å². The molecule has 4 amide bonds. The first-order chi connectivity index (χ1) is 16.4. The van der Waals surface area contributed by atoms with Crippen LogP contribution in [0.4, 0.5) is 26.2 Å². The number of nitrogens with zero attached hydrogens (tertiary/aromatic N) is 2. The van der Waals surface area contributed by atoms with Crippen molar-refractivity contribution < 1.29 is 23.5 Å². The molecule has 0 saturated heterocycles. The number of anilines is 3. The highest BCUT2D eigenvalue weighted by Crippen LogP contribution is 2.33. The number of nitrogens with one attached hydrogen (secondary N) is 2. The second-order valence-electron chi connectivity index (χ2n) is 7.62. The van der Waals surface area contributed by atoms with E-state index in [1.807, 2.05) is 24.3 Å². The lowest BCUT2D eigenvalue weighted by molar-refractivity contribution is -0.123. The predicted molar refractivity (Wildman–Crippen MR) is 126 cm³/mol. The molecule has 174 valence electrons. The van der Waals surface area contributed by atoms with Crippen LogP contribution >= 0.6 is 0 Å². The van der Waals surface area contributed by atoms with Gasteiger partial charge in [0.25, 0.3) is 0 Å². The molecular weight excluding hydrogens is 439 g/mol. The number of rotatable bonds is 6. The summed E-state index contributed by atoms with van der Waals surface area (Å²) in [5.74, 6) is -0.470. The summed E-state index contributed by atoms with van der Waals surface area (Å²) in [5, 5.41) is 5.47. The van der Waals surface area contributed by atoms with Gasteiger partial charge in [0.1, 0.15) is 24.7 Å². The first kappa shape index (κ1) is 22.8. The number of fused-ring (bicyclic) bond motifs is 1. The number of halogens is 1. The maximum absolute atomic E-state index is 13.1. The molecule has 0 bridgehead atoms. The minimum atomic E-state index is -0.533. The van der Waals surface area contributed by atoms with Gasteiger partial charge in [0.2, 0.25) is 11.8 Å². The van der Waals surface area contributed by atoms with E-state index < -0.39 is 17.8 Å². The summed E-state index contributed by atoms with van der Waals surface area (Å²) < 4.78 is 18.3. The van der Waals surface area contributed by atoms with E-state index in [0.717, 1.165) is 5.56 Å². The molecule has 1 aliphatic rings.